The van der Waals surface area contributed by atoms with Gasteiger partial charge in [-0.3, -0.25) is 0 Å². The summed E-state index contributed by atoms with van der Waals surface area (Å²) in [6, 6.07) is 0. The van der Waals surface area contributed by atoms with Crippen LogP contribution in [-0.2, 0) is 5.41 Å². The molecule has 1 fully saturated rings. The summed E-state index contributed by atoms with van der Waals surface area (Å²) in [5.41, 5.74) is 7.30. The molecule has 1 aliphatic carbocycles. The molecule has 1 aliphatic rings. The maximum atomic E-state index is 5.63. The highest BCUT2D eigenvalue weighted by Gasteiger charge is 2.45. The lowest BCUT2D eigenvalue weighted by Crippen LogP contribution is -2.13. The van der Waals surface area contributed by atoms with Gasteiger partial charge in [0.1, 0.15) is 0 Å². The van der Waals surface area contributed by atoms with E-state index in [-0.39, 0.29) is 0 Å². The Morgan fingerprint density at radius 2 is 2.15 bits per heavy atom. The Morgan fingerprint density at radius 1 is 1.46 bits per heavy atom. The van der Waals surface area contributed by atoms with Crippen molar-refractivity contribution in [2.45, 2.75) is 38.5 Å². The van der Waals surface area contributed by atoms with Gasteiger partial charge >= 0.3 is 0 Å². The lowest BCUT2D eigenvalue weighted by atomic mass is 9.99. The minimum Gasteiger partial charge on any atom is -0.330 e. The van der Waals surface area contributed by atoms with Gasteiger partial charge in [-0.05, 0) is 39.7 Å². The van der Waals surface area contributed by atoms with Crippen molar-refractivity contribution < 1.29 is 0 Å². The second-order valence-corrected chi connectivity index (χ2v) is 5.17. The fraction of sp³-hybridized carbons (Fsp3) is 0.700. The largest absolute Gasteiger partial charge is 0.330 e. The third kappa shape index (κ3) is 1.51. The van der Waals surface area contributed by atoms with Crippen molar-refractivity contribution in [1.29, 1.82) is 0 Å². The van der Waals surface area contributed by atoms with Crippen LogP contribution in [0, 0.1) is 13.8 Å². The molecule has 0 radical (unpaired) electrons. The van der Waals surface area contributed by atoms with Gasteiger partial charge in [0.05, 0.1) is 10.7 Å². The topological polar surface area (TPSA) is 38.9 Å². The molecule has 72 valence electrons. The Labute approximate surface area is 83.2 Å². The number of nitrogens with two attached hydrogens (primary N) is 1. The number of aryl methyl sites for hydroxylation is 2. The third-order valence-electron chi connectivity index (χ3n) is 2.86. The monoisotopic (exact) mass is 196 g/mol. The highest BCUT2D eigenvalue weighted by atomic mass is 32.1. The maximum absolute atomic E-state index is 5.63. The van der Waals surface area contributed by atoms with Gasteiger partial charge < -0.3 is 5.73 Å². The number of hydrogen-bond acceptors (Lipinski definition) is 3. The summed E-state index contributed by atoms with van der Waals surface area (Å²) in [7, 11) is 0. The third-order valence-corrected chi connectivity index (χ3v) is 4.18. The van der Waals surface area contributed by atoms with E-state index in [0.29, 0.717) is 5.41 Å². The van der Waals surface area contributed by atoms with Crippen LogP contribution in [0.5, 0.6) is 0 Å². The zero-order valence-electron chi connectivity index (χ0n) is 8.26. The van der Waals surface area contributed by atoms with Crippen molar-refractivity contribution in [3.8, 4) is 0 Å². The van der Waals surface area contributed by atoms with E-state index in [1.807, 2.05) is 11.3 Å². The molecule has 1 heterocycles. The summed E-state index contributed by atoms with van der Waals surface area (Å²) in [5.74, 6) is 0. The Balaban J connectivity index is 2.29. The molecule has 0 spiro atoms. The average Bonchev–Trinajstić information content (AvgIpc) is 2.74. The summed E-state index contributed by atoms with van der Waals surface area (Å²) in [5, 5.41) is 1.19. The fourth-order valence-corrected chi connectivity index (χ4v) is 3.24. The van der Waals surface area contributed by atoms with Crippen molar-refractivity contribution in [3.63, 3.8) is 0 Å². The number of rotatable bonds is 3. The Hall–Kier alpha value is -0.410. The molecule has 0 unspecified atom stereocenters. The first kappa shape index (κ1) is 9.16. The Kier molecular flexibility index (Phi) is 2.16. The highest BCUT2D eigenvalue weighted by molar-refractivity contribution is 7.11. The van der Waals surface area contributed by atoms with Crippen LogP contribution in [0.2, 0.25) is 0 Å². The van der Waals surface area contributed by atoms with Crippen molar-refractivity contribution in [1.82, 2.24) is 4.98 Å². The summed E-state index contributed by atoms with van der Waals surface area (Å²) < 4.78 is 0. The van der Waals surface area contributed by atoms with E-state index in [4.69, 9.17) is 5.73 Å². The van der Waals surface area contributed by atoms with Gasteiger partial charge in [-0.15, -0.1) is 11.3 Å². The minimum atomic E-state index is 0.435. The molecule has 3 heteroatoms. The highest BCUT2D eigenvalue weighted by Crippen LogP contribution is 2.53. The molecule has 0 bridgehead atoms. The maximum Gasteiger partial charge on any atom is 0.0900 e. The number of thiazole rings is 1. The van der Waals surface area contributed by atoms with Crippen LogP contribution >= 0.6 is 11.3 Å². The lowest BCUT2D eigenvalue weighted by Gasteiger charge is -2.11. The molecule has 1 saturated carbocycles. The number of hydrogen-bond donors (Lipinski definition) is 1. The van der Waals surface area contributed by atoms with E-state index < -0.39 is 0 Å². The van der Waals surface area contributed by atoms with E-state index in [0.717, 1.165) is 13.0 Å². The smallest absolute Gasteiger partial charge is 0.0900 e. The van der Waals surface area contributed by atoms with Gasteiger partial charge in [-0.25, -0.2) is 4.98 Å². The molecule has 2 rings (SSSR count). The normalized spacial score (nSPS) is 19.0. The van der Waals surface area contributed by atoms with Crippen molar-refractivity contribution in [3.05, 3.63) is 15.6 Å². The Morgan fingerprint density at radius 3 is 2.54 bits per heavy atom. The summed E-state index contributed by atoms with van der Waals surface area (Å²) in [6.45, 7) is 5.01. The molecular weight excluding hydrogens is 180 g/mol. The van der Waals surface area contributed by atoms with Crippen LogP contribution in [0.25, 0.3) is 0 Å². The molecule has 13 heavy (non-hydrogen) atoms. The predicted octanol–water partition coefficient (Wildman–Crippen LogP) is 2.14. The molecule has 0 saturated heterocycles. The number of aromatic nitrogens is 1. The van der Waals surface area contributed by atoms with E-state index in [2.05, 4.69) is 18.8 Å². The number of nitrogens with zero attached hydrogens (tertiary/aromatic N) is 1. The molecule has 0 aromatic carbocycles. The summed E-state index contributed by atoms with van der Waals surface area (Å²) in [4.78, 5) is 5.97. The molecule has 1 aromatic heterocycles. The fourth-order valence-electron chi connectivity index (χ4n) is 2.04. The first-order valence-electron chi connectivity index (χ1n) is 4.82. The van der Waals surface area contributed by atoms with Crippen molar-refractivity contribution >= 4 is 11.3 Å². The predicted molar refractivity (Wildman–Crippen MR) is 56.2 cm³/mol. The van der Waals surface area contributed by atoms with E-state index in [1.54, 1.807) is 0 Å². The lowest BCUT2D eigenvalue weighted by molar-refractivity contribution is 0.635. The van der Waals surface area contributed by atoms with Gasteiger partial charge in [0.15, 0.2) is 0 Å². The molecule has 0 amide bonds. The van der Waals surface area contributed by atoms with Crippen LogP contribution in [0.1, 0.15) is 34.8 Å². The van der Waals surface area contributed by atoms with Gasteiger partial charge in [-0.1, -0.05) is 0 Å². The zero-order valence-corrected chi connectivity index (χ0v) is 9.08. The minimum absolute atomic E-state index is 0.435. The van der Waals surface area contributed by atoms with Crippen LogP contribution in [0.4, 0.5) is 0 Å². The first-order valence-corrected chi connectivity index (χ1v) is 5.64. The van der Waals surface area contributed by atoms with Crippen LogP contribution < -0.4 is 5.73 Å². The second-order valence-electron chi connectivity index (χ2n) is 3.97. The van der Waals surface area contributed by atoms with E-state index >= 15 is 0 Å². The van der Waals surface area contributed by atoms with Gasteiger partial charge in [0.25, 0.3) is 0 Å². The molecule has 0 aliphatic heterocycles. The molecule has 0 atom stereocenters. The standard InChI is InChI=1S/C10H16N2S/c1-7-9(13-8(2)12-7)10(3-4-10)5-6-11/h3-6,11H2,1-2H3. The quantitative estimate of drug-likeness (QED) is 0.804. The van der Waals surface area contributed by atoms with Crippen LogP contribution in [0.15, 0.2) is 0 Å². The van der Waals surface area contributed by atoms with E-state index in [9.17, 15) is 0 Å². The van der Waals surface area contributed by atoms with Gasteiger partial charge in [0, 0.05) is 10.3 Å². The average molecular weight is 196 g/mol. The Bertz CT molecular complexity index is 313. The second kappa shape index (κ2) is 3.07. The van der Waals surface area contributed by atoms with Crippen LogP contribution in [-0.4, -0.2) is 11.5 Å². The van der Waals surface area contributed by atoms with E-state index in [1.165, 1.54) is 28.4 Å². The van der Waals surface area contributed by atoms with Crippen molar-refractivity contribution in [2.75, 3.05) is 6.54 Å². The first-order chi connectivity index (χ1) is 6.18. The molecule has 1 aromatic rings. The summed E-state index contributed by atoms with van der Waals surface area (Å²) >= 11 is 1.86. The van der Waals surface area contributed by atoms with Crippen molar-refractivity contribution in [2.24, 2.45) is 5.73 Å². The molecule has 2 N–H and O–H groups in total. The van der Waals surface area contributed by atoms with Gasteiger partial charge in [-0.2, -0.15) is 0 Å². The van der Waals surface area contributed by atoms with Gasteiger partial charge in [0.2, 0.25) is 0 Å². The van der Waals surface area contributed by atoms with Crippen LogP contribution in [0.3, 0.4) is 0 Å². The molecular formula is C10H16N2S. The zero-order chi connectivity index (χ0) is 9.47. The molecule has 2 nitrogen and oxygen atoms in total. The SMILES string of the molecule is Cc1nc(C)c(C2(CCN)CC2)s1. The summed E-state index contributed by atoms with van der Waals surface area (Å²) in [6.07, 6.45) is 3.76.